The molecule has 186 valence electrons. The highest BCUT2D eigenvalue weighted by Crippen LogP contribution is 2.74. The summed E-state index contributed by atoms with van der Waals surface area (Å²) in [5.41, 5.74) is 0.789. The summed E-state index contributed by atoms with van der Waals surface area (Å²) in [6, 6.07) is 9.39. The van der Waals surface area contributed by atoms with Crippen LogP contribution in [0.3, 0.4) is 0 Å². The Morgan fingerprint density at radius 3 is 2.40 bits per heavy atom. The van der Waals surface area contributed by atoms with Gasteiger partial charge in [-0.3, -0.25) is 19.3 Å². The molecule has 0 aromatic heterocycles. The molecule has 7 rings (SSSR count). The third-order valence-electron chi connectivity index (χ3n) is 11.2. The van der Waals surface area contributed by atoms with Crippen LogP contribution in [0.5, 0.6) is 0 Å². The highest BCUT2D eigenvalue weighted by atomic mass is 16.4. The van der Waals surface area contributed by atoms with E-state index in [9.17, 15) is 19.5 Å². The molecule has 4 fully saturated rings. The molecule has 1 aromatic carbocycles. The fourth-order valence-corrected chi connectivity index (χ4v) is 9.79. The third kappa shape index (κ3) is 2.73. The van der Waals surface area contributed by atoms with Crippen LogP contribution >= 0.6 is 0 Å². The second-order valence-corrected chi connectivity index (χ2v) is 12.8. The van der Waals surface area contributed by atoms with Crippen molar-refractivity contribution in [1.29, 1.82) is 0 Å². The number of anilines is 1. The maximum Gasteiger partial charge on any atom is 0.309 e. The number of nitrogens with zero attached hydrogens (tertiary/aromatic N) is 1. The van der Waals surface area contributed by atoms with Crippen molar-refractivity contribution in [3.05, 3.63) is 42.0 Å². The summed E-state index contributed by atoms with van der Waals surface area (Å²) in [6.07, 6.45) is 7.58. The molecule has 0 radical (unpaired) electrons. The van der Waals surface area contributed by atoms with Crippen LogP contribution in [-0.4, -0.2) is 22.9 Å². The van der Waals surface area contributed by atoms with Crippen molar-refractivity contribution in [2.75, 3.05) is 4.90 Å². The first-order valence-corrected chi connectivity index (χ1v) is 13.4. The van der Waals surface area contributed by atoms with Crippen molar-refractivity contribution in [3.8, 4) is 0 Å². The second kappa shape index (κ2) is 7.30. The Bertz CT molecular complexity index is 1140. The number of carbonyl (C=O) groups excluding carboxylic acids is 2. The lowest BCUT2D eigenvalue weighted by Crippen LogP contribution is -2.65. The molecule has 0 unspecified atom stereocenters. The molecule has 1 aliphatic heterocycles. The molecule has 1 heterocycles. The van der Waals surface area contributed by atoms with Gasteiger partial charge in [0.15, 0.2) is 0 Å². The fraction of sp³-hybridized carbons (Fsp3) is 0.633. The number of imide groups is 1. The summed E-state index contributed by atoms with van der Waals surface area (Å²) >= 11 is 0. The highest BCUT2D eigenvalue weighted by molar-refractivity contribution is 6.22. The molecule has 2 bridgehead atoms. The van der Waals surface area contributed by atoms with Crippen LogP contribution in [0.15, 0.2) is 42.0 Å². The van der Waals surface area contributed by atoms with Crippen LogP contribution in [0, 0.1) is 51.8 Å². The predicted molar refractivity (Wildman–Crippen MR) is 133 cm³/mol. The minimum Gasteiger partial charge on any atom is -0.481 e. The van der Waals surface area contributed by atoms with Crippen LogP contribution in [0.4, 0.5) is 5.69 Å². The zero-order chi connectivity index (χ0) is 24.9. The average Bonchev–Trinajstić information content (AvgIpc) is 3.11. The number of carboxylic acids is 1. The number of benzene rings is 1. The smallest absolute Gasteiger partial charge is 0.309 e. The number of allylic oxidation sites excluding steroid dienone is 2. The summed E-state index contributed by atoms with van der Waals surface area (Å²) in [6.45, 7) is 8.69. The number of aliphatic carboxylic acids is 1. The minimum absolute atomic E-state index is 0.0356. The standard InChI is InChI=1S/C30H37NO4/c1-17(2)20-16-30-14-11-21-28(3,12-8-13-29(21,4)27(34)35)22(30)15-19(20)23-24(30)26(33)31(25(23)32)18-9-6-5-7-10-18/h5-7,9-10,16-17,19,21-24H,8,11-15H2,1-4H3,(H,34,35)/t19-,21-,22-,23-,24+,28+,29-,30+/m0/s1. The molecular weight excluding hydrogens is 438 g/mol. The van der Waals surface area contributed by atoms with Crippen molar-refractivity contribution in [2.24, 2.45) is 51.8 Å². The largest absolute Gasteiger partial charge is 0.481 e. The number of hydrogen-bond acceptors (Lipinski definition) is 3. The first-order chi connectivity index (χ1) is 16.6. The molecule has 5 nitrogen and oxygen atoms in total. The topological polar surface area (TPSA) is 74.7 Å². The van der Waals surface area contributed by atoms with Gasteiger partial charge in [0.2, 0.25) is 11.8 Å². The number of carbonyl (C=O) groups is 3. The summed E-state index contributed by atoms with van der Waals surface area (Å²) in [5.74, 6) is -0.668. The Balaban J connectivity index is 1.50. The maximum atomic E-state index is 14.1. The quantitative estimate of drug-likeness (QED) is 0.449. The van der Waals surface area contributed by atoms with E-state index in [-0.39, 0.29) is 52.2 Å². The van der Waals surface area contributed by atoms with Gasteiger partial charge in [0.1, 0.15) is 0 Å². The predicted octanol–water partition coefficient (Wildman–Crippen LogP) is 5.70. The average molecular weight is 476 g/mol. The lowest BCUT2D eigenvalue weighted by Gasteiger charge is -2.68. The third-order valence-corrected chi connectivity index (χ3v) is 11.2. The Morgan fingerprint density at radius 2 is 1.74 bits per heavy atom. The van der Waals surface area contributed by atoms with Gasteiger partial charge in [-0.15, -0.1) is 0 Å². The van der Waals surface area contributed by atoms with Gasteiger partial charge in [-0.25, -0.2) is 0 Å². The first kappa shape index (κ1) is 23.0. The zero-order valence-electron chi connectivity index (χ0n) is 21.3. The molecule has 8 atom stereocenters. The molecule has 1 saturated heterocycles. The number of fused-ring (bicyclic) bond motifs is 1. The Hall–Kier alpha value is -2.43. The molecule has 5 aliphatic carbocycles. The van der Waals surface area contributed by atoms with E-state index >= 15 is 0 Å². The van der Waals surface area contributed by atoms with E-state index in [1.54, 1.807) is 0 Å². The molecular formula is C30H37NO4. The SMILES string of the molecule is CC(C)C1=C[C@]23CC[C@H]4[C@@](C)(CCC[C@]4(C)C(=O)O)[C@@H]2C[C@@H]1[C@@H]1C(=O)N(c2ccccc2)C(=O)[C@@H]13. The van der Waals surface area contributed by atoms with Crippen molar-refractivity contribution in [3.63, 3.8) is 0 Å². The van der Waals surface area contributed by atoms with Crippen LogP contribution in [0.1, 0.15) is 66.2 Å². The Kier molecular flexibility index (Phi) is 4.80. The van der Waals surface area contributed by atoms with Gasteiger partial charge >= 0.3 is 5.97 Å². The van der Waals surface area contributed by atoms with E-state index < -0.39 is 11.4 Å². The van der Waals surface area contributed by atoms with Crippen molar-refractivity contribution in [1.82, 2.24) is 0 Å². The van der Waals surface area contributed by atoms with Gasteiger partial charge in [-0.1, -0.05) is 57.0 Å². The number of hydrogen-bond donors (Lipinski definition) is 1. The molecule has 3 saturated carbocycles. The highest BCUT2D eigenvalue weighted by Gasteiger charge is 2.73. The molecule has 5 heteroatoms. The summed E-state index contributed by atoms with van der Waals surface area (Å²) in [5, 5.41) is 10.3. The van der Waals surface area contributed by atoms with E-state index in [1.165, 1.54) is 10.5 Å². The minimum atomic E-state index is -0.721. The van der Waals surface area contributed by atoms with Crippen LogP contribution in [0.25, 0.3) is 0 Å². The zero-order valence-corrected chi connectivity index (χ0v) is 21.3. The van der Waals surface area contributed by atoms with Crippen LogP contribution in [0.2, 0.25) is 0 Å². The van der Waals surface area contributed by atoms with E-state index in [4.69, 9.17) is 0 Å². The van der Waals surface area contributed by atoms with Gasteiger partial charge in [0, 0.05) is 5.41 Å². The lowest BCUT2D eigenvalue weighted by atomic mass is 9.34. The van der Waals surface area contributed by atoms with Gasteiger partial charge in [-0.05, 0) is 80.2 Å². The van der Waals surface area contributed by atoms with Crippen molar-refractivity contribution in [2.45, 2.75) is 66.2 Å². The molecule has 35 heavy (non-hydrogen) atoms. The van der Waals surface area contributed by atoms with Gasteiger partial charge in [0.05, 0.1) is 22.9 Å². The molecule has 1 spiro atoms. The fourth-order valence-electron chi connectivity index (χ4n) is 9.79. The maximum absolute atomic E-state index is 14.1. The summed E-state index contributed by atoms with van der Waals surface area (Å²) in [7, 11) is 0. The molecule has 1 N–H and O–H groups in total. The Labute approximate surface area is 208 Å². The van der Waals surface area contributed by atoms with Crippen molar-refractivity contribution < 1.29 is 19.5 Å². The summed E-state index contributed by atoms with van der Waals surface area (Å²) in [4.78, 5) is 42.0. The number of amides is 2. The van der Waals surface area contributed by atoms with E-state index in [1.807, 2.05) is 37.3 Å². The van der Waals surface area contributed by atoms with Gasteiger partial charge in [0.25, 0.3) is 0 Å². The van der Waals surface area contributed by atoms with Gasteiger partial charge in [-0.2, -0.15) is 0 Å². The second-order valence-electron chi connectivity index (χ2n) is 12.8. The lowest BCUT2D eigenvalue weighted by molar-refractivity contribution is -0.194. The first-order valence-electron chi connectivity index (χ1n) is 13.4. The van der Waals surface area contributed by atoms with E-state index in [0.29, 0.717) is 11.6 Å². The van der Waals surface area contributed by atoms with Gasteiger partial charge < -0.3 is 5.11 Å². The van der Waals surface area contributed by atoms with Crippen LogP contribution < -0.4 is 4.90 Å². The number of carboxylic acid groups (broad SMARTS) is 1. The van der Waals surface area contributed by atoms with Crippen LogP contribution in [-0.2, 0) is 14.4 Å². The number of para-hydroxylation sites is 1. The van der Waals surface area contributed by atoms with Crippen molar-refractivity contribution >= 4 is 23.5 Å². The van der Waals surface area contributed by atoms with E-state index in [0.717, 1.165) is 38.5 Å². The molecule has 6 aliphatic rings. The summed E-state index contributed by atoms with van der Waals surface area (Å²) < 4.78 is 0. The normalized spacial score (nSPS) is 44.1. The molecule has 1 aromatic rings. The Morgan fingerprint density at radius 1 is 1.03 bits per heavy atom. The monoisotopic (exact) mass is 475 g/mol. The molecule has 2 amide bonds. The van der Waals surface area contributed by atoms with E-state index in [2.05, 4.69) is 26.8 Å². The number of rotatable bonds is 3.